The monoisotopic (exact) mass is 415 g/mol. The molecule has 0 unspecified atom stereocenters. The van der Waals surface area contributed by atoms with E-state index in [1.807, 2.05) is 91.0 Å². The zero-order valence-electron chi connectivity index (χ0n) is 17.6. The topological polar surface area (TPSA) is 75.5 Å². The quantitative estimate of drug-likeness (QED) is 0.231. The van der Waals surface area contributed by atoms with E-state index in [9.17, 15) is 0 Å². The Bertz CT molecular complexity index is 1480. The number of nitrogens with zero attached hydrogens (tertiary/aromatic N) is 4. The summed E-state index contributed by atoms with van der Waals surface area (Å²) in [6.07, 6.45) is 0. The van der Waals surface area contributed by atoms with Crippen molar-refractivity contribution in [3.05, 3.63) is 103 Å². The lowest BCUT2D eigenvalue weighted by atomic mass is 10.0. The molecule has 0 fully saturated rings. The Morgan fingerprint density at radius 2 is 1.03 bits per heavy atom. The van der Waals surface area contributed by atoms with Crippen molar-refractivity contribution in [2.75, 3.05) is 5.73 Å². The van der Waals surface area contributed by atoms with Crippen molar-refractivity contribution in [1.29, 1.82) is 0 Å². The Hall–Kier alpha value is -4.38. The molecule has 0 amide bonds. The molecule has 0 saturated heterocycles. The zero-order chi connectivity index (χ0) is 21.9. The number of azo groups is 2. The van der Waals surface area contributed by atoms with E-state index in [1.54, 1.807) is 0 Å². The second-order valence-electron chi connectivity index (χ2n) is 7.56. The molecule has 5 heteroatoms. The predicted molar refractivity (Wildman–Crippen MR) is 132 cm³/mol. The first-order chi connectivity index (χ1) is 15.7. The molecule has 5 aromatic rings. The Labute approximate surface area is 186 Å². The fourth-order valence-electron chi connectivity index (χ4n) is 3.85. The third-order valence-corrected chi connectivity index (χ3v) is 5.43. The van der Waals surface area contributed by atoms with E-state index in [0.717, 1.165) is 55.5 Å². The lowest BCUT2D eigenvalue weighted by molar-refractivity contribution is 1.23. The fourth-order valence-corrected chi connectivity index (χ4v) is 3.85. The van der Waals surface area contributed by atoms with Gasteiger partial charge in [0.2, 0.25) is 0 Å². The third-order valence-electron chi connectivity index (χ3n) is 5.43. The molecule has 5 rings (SSSR count). The van der Waals surface area contributed by atoms with Crippen molar-refractivity contribution in [2.45, 2.75) is 6.92 Å². The normalized spacial score (nSPS) is 11.8. The van der Waals surface area contributed by atoms with Crippen LogP contribution in [0.1, 0.15) is 5.56 Å². The van der Waals surface area contributed by atoms with Gasteiger partial charge in [-0.3, -0.25) is 0 Å². The zero-order valence-corrected chi connectivity index (χ0v) is 17.6. The SMILES string of the molecule is Cc1cccc2c(/N=N/c3ccc(/N=N/c4ccccc4)c4ccccc34)ccc(N)c12. The van der Waals surface area contributed by atoms with E-state index in [1.165, 1.54) is 0 Å². The van der Waals surface area contributed by atoms with Crippen molar-refractivity contribution in [2.24, 2.45) is 20.5 Å². The molecule has 0 aliphatic heterocycles. The van der Waals surface area contributed by atoms with Gasteiger partial charge in [-0.15, -0.1) is 15.3 Å². The molecule has 0 aromatic heterocycles. The molecule has 0 bridgehead atoms. The first kappa shape index (κ1) is 19.6. The van der Waals surface area contributed by atoms with Crippen LogP contribution < -0.4 is 5.73 Å². The van der Waals surface area contributed by atoms with Crippen LogP contribution in [0.3, 0.4) is 0 Å². The fraction of sp³-hybridized carbons (Fsp3) is 0.0370. The van der Waals surface area contributed by atoms with Crippen molar-refractivity contribution in [1.82, 2.24) is 0 Å². The maximum atomic E-state index is 6.20. The summed E-state index contributed by atoms with van der Waals surface area (Å²) in [6.45, 7) is 2.05. The second kappa shape index (κ2) is 8.40. The van der Waals surface area contributed by atoms with Gasteiger partial charge in [-0.05, 0) is 48.9 Å². The lowest BCUT2D eigenvalue weighted by Crippen LogP contribution is -1.89. The van der Waals surface area contributed by atoms with E-state index in [0.29, 0.717) is 0 Å². The van der Waals surface area contributed by atoms with Gasteiger partial charge in [0, 0.05) is 27.2 Å². The molecule has 5 aromatic carbocycles. The molecule has 0 heterocycles. The van der Waals surface area contributed by atoms with Gasteiger partial charge in [0.05, 0.1) is 22.7 Å². The number of aryl methyl sites for hydroxylation is 1. The summed E-state index contributed by atoms with van der Waals surface area (Å²) in [5, 5.41) is 21.9. The van der Waals surface area contributed by atoms with E-state index < -0.39 is 0 Å². The van der Waals surface area contributed by atoms with E-state index >= 15 is 0 Å². The number of anilines is 1. The summed E-state index contributed by atoms with van der Waals surface area (Å²) in [5.41, 5.74) is 11.2. The van der Waals surface area contributed by atoms with Crippen LogP contribution in [-0.4, -0.2) is 0 Å². The molecule has 0 aliphatic rings. The lowest BCUT2D eigenvalue weighted by Gasteiger charge is -2.08. The van der Waals surface area contributed by atoms with Crippen LogP contribution in [0.25, 0.3) is 21.5 Å². The number of nitrogens with two attached hydrogens (primary N) is 1. The average Bonchev–Trinajstić information content (AvgIpc) is 2.83. The number of hydrogen-bond acceptors (Lipinski definition) is 5. The van der Waals surface area contributed by atoms with Crippen molar-refractivity contribution in [3.63, 3.8) is 0 Å². The number of hydrogen-bond donors (Lipinski definition) is 1. The van der Waals surface area contributed by atoms with Gasteiger partial charge in [-0.25, -0.2) is 0 Å². The molecule has 0 radical (unpaired) electrons. The van der Waals surface area contributed by atoms with Crippen LogP contribution in [0.4, 0.5) is 28.4 Å². The number of benzene rings is 5. The molecule has 0 saturated carbocycles. The van der Waals surface area contributed by atoms with Gasteiger partial charge in [-0.1, -0.05) is 60.7 Å². The highest BCUT2D eigenvalue weighted by atomic mass is 15.1. The minimum Gasteiger partial charge on any atom is -0.398 e. The Balaban J connectivity index is 1.56. The molecule has 0 spiro atoms. The highest BCUT2D eigenvalue weighted by Gasteiger charge is 2.08. The number of rotatable bonds is 4. The Morgan fingerprint density at radius 1 is 0.500 bits per heavy atom. The van der Waals surface area contributed by atoms with Crippen LogP contribution in [0.15, 0.2) is 118 Å². The largest absolute Gasteiger partial charge is 0.398 e. The summed E-state index contributed by atoms with van der Waals surface area (Å²) in [6, 6.07) is 31.4. The third kappa shape index (κ3) is 3.72. The van der Waals surface area contributed by atoms with Crippen molar-refractivity contribution < 1.29 is 0 Å². The van der Waals surface area contributed by atoms with E-state index in [2.05, 4.69) is 33.4 Å². The molecular weight excluding hydrogens is 394 g/mol. The highest BCUT2D eigenvalue weighted by molar-refractivity contribution is 6.02. The molecule has 0 atom stereocenters. The first-order valence-electron chi connectivity index (χ1n) is 10.4. The maximum Gasteiger partial charge on any atom is 0.0936 e. The average molecular weight is 416 g/mol. The van der Waals surface area contributed by atoms with E-state index in [-0.39, 0.29) is 0 Å². The number of fused-ring (bicyclic) bond motifs is 2. The Kier molecular flexibility index (Phi) is 5.14. The molecule has 5 nitrogen and oxygen atoms in total. The van der Waals surface area contributed by atoms with Crippen LogP contribution in [0, 0.1) is 6.92 Å². The molecule has 2 N–H and O–H groups in total. The minimum absolute atomic E-state index is 0.746. The summed E-state index contributed by atoms with van der Waals surface area (Å²) in [7, 11) is 0. The van der Waals surface area contributed by atoms with Crippen LogP contribution in [0.2, 0.25) is 0 Å². The molecule has 154 valence electrons. The smallest absolute Gasteiger partial charge is 0.0936 e. The van der Waals surface area contributed by atoms with Crippen LogP contribution in [-0.2, 0) is 0 Å². The second-order valence-corrected chi connectivity index (χ2v) is 7.56. The first-order valence-corrected chi connectivity index (χ1v) is 10.4. The van der Waals surface area contributed by atoms with Crippen LogP contribution >= 0.6 is 0 Å². The summed E-state index contributed by atoms with van der Waals surface area (Å²) in [5.74, 6) is 0. The highest BCUT2D eigenvalue weighted by Crippen LogP contribution is 2.37. The Morgan fingerprint density at radius 3 is 1.72 bits per heavy atom. The molecule has 0 aliphatic carbocycles. The van der Waals surface area contributed by atoms with Gasteiger partial charge < -0.3 is 5.73 Å². The number of nitrogen functional groups attached to an aromatic ring is 1. The van der Waals surface area contributed by atoms with Gasteiger partial charge in [-0.2, -0.15) is 5.11 Å². The summed E-state index contributed by atoms with van der Waals surface area (Å²) in [4.78, 5) is 0. The minimum atomic E-state index is 0.746. The van der Waals surface area contributed by atoms with Gasteiger partial charge >= 0.3 is 0 Å². The van der Waals surface area contributed by atoms with Crippen molar-refractivity contribution >= 4 is 50.0 Å². The summed E-state index contributed by atoms with van der Waals surface area (Å²) >= 11 is 0. The van der Waals surface area contributed by atoms with Gasteiger partial charge in [0.25, 0.3) is 0 Å². The van der Waals surface area contributed by atoms with Gasteiger partial charge in [0.1, 0.15) is 0 Å². The van der Waals surface area contributed by atoms with E-state index in [4.69, 9.17) is 5.73 Å². The standard InChI is InChI=1S/C27H21N5/c1-18-8-7-13-22-26(15-14-23(28)27(18)22)32-31-25-17-16-24(20-11-5-6-12-21(20)25)30-29-19-9-3-2-4-10-19/h2-17H,28H2,1H3/b30-29+,32-31+. The maximum absolute atomic E-state index is 6.20. The molecular formula is C27H21N5. The van der Waals surface area contributed by atoms with Gasteiger partial charge in [0.15, 0.2) is 0 Å². The predicted octanol–water partition coefficient (Wildman–Crippen LogP) is 8.71. The summed E-state index contributed by atoms with van der Waals surface area (Å²) < 4.78 is 0. The molecule has 32 heavy (non-hydrogen) atoms. The van der Waals surface area contributed by atoms with Crippen molar-refractivity contribution in [3.8, 4) is 0 Å². The van der Waals surface area contributed by atoms with Crippen LogP contribution in [0.5, 0.6) is 0 Å².